The first-order chi connectivity index (χ1) is 15.2. The Bertz CT molecular complexity index is 312. The van der Waals surface area contributed by atoms with Crippen molar-refractivity contribution in [3.8, 4) is 0 Å². The molecule has 32 heavy (non-hydrogen) atoms. The molecule has 2 aromatic rings. The van der Waals surface area contributed by atoms with Crippen LogP contribution < -0.4 is 0 Å². The standard InChI is InChI=1S/C7H8.C6H6.2C2H6O.6C2H6.B/c1-7-5-3-2-4-6-7;1-2-4-6-5-3-1;2*1-3-2;6*1-2;/h2-6H,1H3;1-6H;2*1-2H3;6*1-2H3;. The molecule has 0 bridgehead atoms. The van der Waals surface area contributed by atoms with Gasteiger partial charge in [-0.1, -0.05) is 155 Å². The largest absolute Gasteiger partial charge is 0.388 e. The predicted molar refractivity (Wildman–Crippen MR) is 157 cm³/mol. The van der Waals surface area contributed by atoms with Crippen LogP contribution in [0.3, 0.4) is 0 Å². The molecule has 3 radical (unpaired) electrons. The van der Waals surface area contributed by atoms with Gasteiger partial charge in [-0.3, -0.25) is 0 Å². The van der Waals surface area contributed by atoms with Crippen molar-refractivity contribution < 1.29 is 9.47 Å². The number of benzene rings is 2. The van der Waals surface area contributed by atoms with Gasteiger partial charge in [-0.15, -0.1) is 0 Å². The molecule has 0 fully saturated rings. The average molecular weight is 454 g/mol. The molecule has 193 valence electrons. The summed E-state index contributed by atoms with van der Waals surface area (Å²) in [4.78, 5) is 0. The van der Waals surface area contributed by atoms with Gasteiger partial charge in [0.15, 0.2) is 0 Å². The van der Waals surface area contributed by atoms with Gasteiger partial charge in [-0.25, -0.2) is 0 Å². The number of aryl methyl sites for hydroxylation is 1. The molecular weight excluding hydrogens is 391 g/mol. The highest BCUT2D eigenvalue weighted by Crippen LogP contribution is 1.92. The Balaban J connectivity index is -0.0000000279. The summed E-state index contributed by atoms with van der Waals surface area (Å²) in [5.74, 6) is 0. The van der Waals surface area contributed by atoms with Gasteiger partial charge in [0.1, 0.15) is 0 Å². The Morgan fingerprint density at radius 2 is 0.500 bits per heavy atom. The Morgan fingerprint density at radius 3 is 0.594 bits per heavy atom. The van der Waals surface area contributed by atoms with E-state index in [4.69, 9.17) is 0 Å². The van der Waals surface area contributed by atoms with Crippen molar-refractivity contribution >= 4 is 8.41 Å². The van der Waals surface area contributed by atoms with Gasteiger partial charge >= 0.3 is 0 Å². The van der Waals surface area contributed by atoms with E-state index in [1.165, 1.54) is 5.56 Å². The number of methoxy groups -OCH3 is 2. The van der Waals surface area contributed by atoms with Crippen molar-refractivity contribution in [1.82, 2.24) is 0 Å². The molecule has 0 saturated carbocycles. The minimum absolute atomic E-state index is 0. The van der Waals surface area contributed by atoms with Gasteiger partial charge in [-0.05, 0) is 6.92 Å². The summed E-state index contributed by atoms with van der Waals surface area (Å²) in [6.07, 6.45) is 0. The molecule has 0 aliphatic heterocycles. The van der Waals surface area contributed by atoms with Crippen LogP contribution in [0.1, 0.15) is 88.6 Å². The Hall–Kier alpha value is -1.58. The first-order valence-electron chi connectivity index (χ1n) is 12.0. The van der Waals surface area contributed by atoms with E-state index in [-0.39, 0.29) is 8.41 Å². The summed E-state index contributed by atoms with van der Waals surface area (Å²) < 4.78 is 8.50. The van der Waals surface area contributed by atoms with Crippen molar-refractivity contribution in [2.24, 2.45) is 0 Å². The maximum Gasteiger partial charge on any atom is 0.0351 e. The molecule has 2 aromatic carbocycles. The minimum atomic E-state index is 0. The van der Waals surface area contributed by atoms with Crippen molar-refractivity contribution in [3.05, 3.63) is 72.3 Å². The van der Waals surface area contributed by atoms with Gasteiger partial charge < -0.3 is 9.47 Å². The average Bonchev–Trinajstić information content (AvgIpc) is 2.89. The molecule has 0 atom stereocenters. The molecule has 3 heteroatoms. The van der Waals surface area contributed by atoms with Crippen LogP contribution in [-0.4, -0.2) is 36.9 Å². The van der Waals surface area contributed by atoms with Gasteiger partial charge in [0, 0.05) is 36.9 Å². The third-order valence-electron chi connectivity index (χ3n) is 1.61. The molecule has 2 nitrogen and oxygen atoms in total. The summed E-state index contributed by atoms with van der Waals surface area (Å²) in [6.45, 7) is 26.1. The van der Waals surface area contributed by atoms with Crippen LogP contribution in [-0.2, 0) is 9.47 Å². The summed E-state index contributed by atoms with van der Waals surface area (Å²) in [5, 5.41) is 0. The fourth-order valence-electron chi connectivity index (χ4n) is 0.919. The lowest BCUT2D eigenvalue weighted by Gasteiger charge is -1.82. The molecular formula is C29H62BO2. The van der Waals surface area contributed by atoms with Crippen LogP contribution in [0.4, 0.5) is 0 Å². The lowest BCUT2D eigenvalue weighted by Crippen LogP contribution is -1.62. The number of hydrogen-bond donors (Lipinski definition) is 0. The smallest absolute Gasteiger partial charge is 0.0351 e. The Kier molecular flexibility index (Phi) is 205. The van der Waals surface area contributed by atoms with Crippen LogP contribution in [0, 0.1) is 6.92 Å². The second-order valence-corrected chi connectivity index (χ2v) is 3.63. The maximum absolute atomic E-state index is 4.25. The molecule has 2 rings (SSSR count). The normalized spacial score (nSPS) is 5.66. The van der Waals surface area contributed by atoms with E-state index < -0.39 is 0 Å². The predicted octanol–water partition coefficient (Wildman–Crippen LogP) is 9.98. The minimum Gasteiger partial charge on any atom is -0.388 e. The van der Waals surface area contributed by atoms with Crippen molar-refractivity contribution in [1.29, 1.82) is 0 Å². The lowest BCUT2D eigenvalue weighted by atomic mass is 10.2. The summed E-state index contributed by atoms with van der Waals surface area (Å²) in [5.41, 5.74) is 1.32. The first-order valence-corrected chi connectivity index (χ1v) is 12.0. The zero-order valence-electron chi connectivity index (χ0n) is 25.2. The van der Waals surface area contributed by atoms with Crippen molar-refractivity contribution in [2.45, 2.75) is 90.0 Å². The lowest BCUT2D eigenvalue weighted by molar-refractivity contribution is 0.277. The van der Waals surface area contributed by atoms with E-state index in [1.54, 1.807) is 28.4 Å². The fraction of sp³-hybridized carbons (Fsp3) is 0.586. The van der Waals surface area contributed by atoms with E-state index in [1.807, 2.05) is 138 Å². The highest BCUT2D eigenvalue weighted by Gasteiger charge is 1.72. The van der Waals surface area contributed by atoms with E-state index in [0.717, 1.165) is 0 Å². The van der Waals surface area contributed by atoms with E-state index in [2.05, 4.69) is 28.5 Å². The molecule has 0 saturated heterocycles. The second-order valence-electron chi connectivity index (χ2n) is 3.63. The fourth-order valence-corrected chi connectivity index (χ4v) is 0.919. The Labute approximate surface area is 208 Å². The first kappa shape index (κ1) is 57.4. The number of rotatable bonds is 0. The summed E-state index contributed by atoms with van der Waals surface area (Å²) in [7, 11) is 6.50. The highest BCUT2D eigenvalue weighted by atomic mass is 16.5. The number of ether oxygens (including phenoxy) is 2. The zero-order valence-corrected chi connectivity index (χ0v) is 25.2. The highest BCUT2D eigenvalue weighted by molar-refractivity contribution is 5.75. The van der Waals surface area contributed by atoms with Crippen LogP contribution in [0.25, 0.3) is 0 Å². The summed E-state index contributed by atoms with van der Waals surface area (Å²) in [6, 6.07) is 22.3. The van der Waals surface area contributed by atoms with Gasteiger partial charge in [0.25, 0.3) is 0 Å². The summed E-state index contributed by atoms with van der Waals surface area (Å²) >= 11 is 0. The Morgan fingerprint density at radius 1 is 0.375 bits per heavy atom. The molecule has 0 heterocycles. The zero-order chi connectivity index (χ0) is 26.8. The topological polar surface area (TPSA) is 18.5 Å². The second kappa shape index (κ2) is 114. The van der Waals surface area contributed by atoms with Crippen LogP contribution in [0.2, 0.25) is 0 Å². The van der Waals surface area contributed by atoms with Gasteiger partial charge in [0.05, 0.1) is 0 Å². The monoisotopic (exact) mass is 453 g/mol. The van der Waals surface area contributed by atoms with Crippen LogP contribution in [0.15, 0.2) is 66.7 Å². The van der Waals surface area contributed by atoms with Crippen molar-refractivity contribution in [3.63, 3.8) is 0 Å². The van der Waals surface area contributed by atoms with E-state index >= 15 is 0 Å². The number of hydrogen-bond acceptors (Lipinski definition) is 2. The van der Waals surface area contributed by atoms with Gasteiger partial charge in [-0.2, -0.15) is 0 Å². The molecule has 0 unspecified atom stereocenters. The van der Waals surface area contributed by atoms with E-state index in [9.17, 15) is 0 Å². The quantitative estimate of drug-likeness (QED) is 0.369. The van der Waals surface area contributed by atoms with Crippen LogP contribution >= 0.6 is 0 Å². The van der Waals surface area contributed by atoms with Crippen molar-refractivity contribution in [2.75, 3.05) is 28.4 Å². The van der Waals surface area contributed by atoms with E-state index in [0.29, 0.717) is 0 Å². The third kappa shape index (κ3) is 138. The maximum atomic E-state index is 4.25. The third-order valence-corrected chi connectivity index (χ3v) is 1.61. The molecule has 0 aliphatic carbocycles. The molecule has 0 aromatic heterocycles. The molecule has 0 amide bonds. The SMILES string of the molecule is CC.CC.CC.CC.CC.CC.COC.COC.Cc1ccccc1.[B].c1ccccc1. The molecule has 0 N–H and O–H groups in total. The van der Waals surface area contributed by atoms with Crippen LogP contribution in [0.5, 0.6) is 0 Å². The molecule has 0 spiro atoms. The molecule has 0 aliphatic rings. The van der Waals surface area contributed by atoms with Gasteiger partial charge in [0.2, 0.25) is 0 Å².